The molecule has 110 valence electrons. The summed E-state index contributed by atoms with van der Waals surface area (Å²) in [5.41, 5.74) is 0. The van der Waals surface area contributed by atoms with E-state index in [9.17, 15) is 9.59 Å². The van der Waals surface area contributed by atoms with Gasteiger partial charge in [-0.3, -0.25) is 9.59 Å². The second-order valence-electron chi connectivity index (χ2n) is 5.18. The predicted octanol–water partition coefficient (Wildman–Crippen LogP) is 2.25. The Kier molecular flexibility index (Phi) is 4.82. The monoisotopic (exact) mass is 278 g/mol. The van der Waals surface area contributed by atoms with Crippen molar-refractivity contribution in [2.75, 3.05) is 6.54 Å². The maximum Gasteiger partial charge on any atom is 0.223 e. The van der Waals surface area contributed by atoms with Gasteiger partial charge in [-0.05, 0) is 38.8 Å². The average Bonchev–Trinajstić information content (AvgIpc) is 3.09. The van der Waals surface area contributed by atoms with E-state index in [0.29, 0.717) is 12.6 Å². The van der Waals surface area contributed by atoms with Gasteiger partial charge in [0.2, 0.25) is 11.8 Å². The lowest BCUT2D eigenvalue weighted by atomic mass is 10.1. The van der Waals surface area contributed by atoms with Gasteiger partial charge in [0.1, 0.15) is 5.76 Å². The summed E-state index contributed by atoms with van der Waals surface area (Å²) in [5, 5.41) is 2.71. The number of hydrogen-bond donors (Lipinski definition) is 1. The molecule has 1 N–H and O–H groups in total. The van der Waals surface area contributed by atoms with Gasteiger partial charge < -0.3 is 14.6 Å². The SMILES string of the molecule is CCNC(=O)CCC(=O)N(C1CC1)[C@H](C)c1ccco1. The van der Waals surface area contributed by atoms with Crippen molar-refractivity contribution < 1.29 is 14.0 Å². The van der Waals surface area contributed by atoms with E-state index in [2.05, 4.69) is 5.32 Å². The maximum absolute atomic E-state index is 12.4. The van der Waals surface area contributed by atoms with E-state index in [-0.39, 0.29) is 30.7 Å². The maximum atomic E-state index is 12.4. The van der Waals surface area contributed by atoms with Crippen molar-refractivity contribution in [3.8, 4) is 0 Å². The normalized spacial score (nSPS) is 15.7. The molecule has 1 aliphatic carbocycles. The van der Waals surface area contributed by atoms with Crippen LogP contribution in [0.2, 0.25) is 0 Å². The van der Waals surface area contributed by atoms with Crippen molar-refractivity contribution in [1.29, 1.82) is 0 Å². The van der Waals surface area contributed by atoms with Crippen LogP contribution in [0.3, 0.4) is 0 Å². The number of furan rings is 1. The molecule has 0 aromatic carbocycles. The third kappa shape index (κ3) is 3.62. The number of nitrogens with one attached hydrogen (secondary N) is 1. The minimum atomic E-state index is -0.0702. The predicted molar refractivity (Wildman–Crippen MR) is 74.9 cm³/mol. The number of carbonyl (C=O) groups excluding carboxylic acids is 2. The van der Waals surface area contributed by atoms with Crippen molar-refractivity contribution in [2.24, 2.45) is 0 Å². The minimum Gasteiger partial charge on any atom is -0.467 e. The Hall–Kier alpha value is -1.78. The highest BCUT2D eigenvalue weighted by molar-refractivity contribution is 5.84. The molecule has 5 heteroatoms. The summed E-state index contributed by atoms with van der Waals surface area (Å²) in [6.07, 6.45) is 4.21. The molecule has 1 aromatic rings. The fourth-order valence-electron chi connectivity index (χ4n) is 2.39. The molecule has 1 heterocycles. The first-order valence-corrected chi connectivity index (χ1v) is 7.24. The Balaban J connectivity index is 1.94. The first-order chi connectivity index (χ1) is 9.63. The van der Waals surface area contributed by atoms with Crippen LogP contribution in [-0.4, -0.2) is 29.3 Å². The first kappa shape index (κ1) is 14.6. The zero-order chi connectivity index (χ0) is 14.5. The molecule has 2 rings (SSSR count). The highest BCUT2D eigenvalue weighted by atomic mass is 16.3. The molecule has 0 saturated heterocycles. The molecule has 0 spiro atoms. The Morgan fingerprint density at radius 3 is 2.75 bits per heavy atom. The van der Waals surface area contributed by atoms with Gasteiger partial charge >= 0.3 is 0 Å². The molecule has 1 aliphatic rings. The zero-order valence-corrected chi connectivity index (χ0v) is 12.1. The van der Waals surface area contributed by atoms with Crippen LogP contribution in [0, 0.1) is 0 Å². The van der Waals surface area contributed by atoms with E-state index < -0.39 is 0 Å². The van der Waals surface area contributed by atoms with Crippen molar-refractivity contribution in [3.63, 3.8) is 0 Å². The van der Waals surface area contributed by atoms with Crippen LogP contribution in [0.5, 0.6) is 0 Å². The van der Waals surface area contributed by atoms with Crippen LogP contribution in [0.1, 0.15) is 51.3 Å². The Labute approximate surface area is 119 Å². The average molecular weight is 278 g/mol. The van der Waals surface area contributed by atoms with Gasteiger partial charge in [-0.25, -0.2) is 0 Å². The van der Waals surface area contributed by atoms with E-state index in [0.717, 1.165) is 18.6 Å². The summed E-state index contributed by atoms with van der Waals surface area (Å²) in [4.78, 5) is 25.7. The van der Waals surface area contributed by atoms with Crippen LogP contribution in [0.4, 0.5) is 0 Å². The fourth-order valence-corrected chi connectivity index (χ4v) is 2.39. The van der Waals surface area contributed by atoms with Crippen molar-refractivity contribution >= 4 is 11.8 Å². The fraction of sp³-hybridized carbons (Fsp3) is 0.600. The molecule has 0 bridgehead atoms. The van der Waals surface area contributed by atoms with Crippen LogP contribution in [0.15, 0.2) is 22.8 Å². The lowest BCUT2D eigenvalue weighted by Crippen LogP contribution is -2.36. The third-order valence-electron chi connectivity index (χ3n) is 3.54. The molecule has 2 amide bonds. The van der Waals surface area contributed by atoms with Gasteiger partial charge in [0.25, 0.3) is 0 Å². The van der Waals surface area contributed by atoms with Gasteiger partial charge in [-0.2, -0.15) is 0 Å². The highest BCUT2D eigenvalue weighted by Gasteiger charge is 2.36. The molecular formula is C15H22N2O3. The van der Waals surface area contributed by atoms with E-state index in [4.69, 9.17) is 4.42 Å². The Bertz CT molecular complexity index is 452. The number of nitrogens with zero attached hydrogens (tertiary/aromatic N) is 1. The third-order valence-corrected chi connectivity index (χ3v) is 3.54. The van der Waals surface area contributed by atoms with Gasteiger partial charge in [0.05, 0.1) is 12.3 Å². The molecule has 5 nitrogen and oxygen atoms in total. The molecule has 1 saturated carbocycles. The topological polar surface area (TPSA) is 62.6 Å². The summed E-state index contributed by atoms with van der Waals surface area (Å²) in [6.45, 7) is 4.44. The second kappa shape index (κ2) is 6.59. The number of hydrogen-bond acceptors (Lipinski definition) is 3. The van der Waals surface area contributed by atoms with Gasteiger partial charge in [0.15, 0.2) is 0 Å². The summed E-state index contributed by atoms with van der Waals surface area (Å²) in [7, 11) is 0. The Morgan fingerprint density at radius 2 is 2.20 bits per heavy atom. The molecule has 1 fully saturated rings. The largest absolute Gasteiger partial charge is 0.467 e. The first-order valence-electron chi connectivity index (χ1n) is 7.24. The van der Waals surface area contributed by atoms with E-state index in [1.165, 1.54) is 0 Å². The number of amides is 2. The smallest absolute Gasteiger partial charge is 0.223 e. The molecule has 0 aliphatic heterocycles. The summed E-state index contributed by atoms with van der Waals surface area (Å²) < 4.78 is 5.40. The number of carbonyl (C=O) groups is 2. The van der Waals surface area contributed by atoms with Crippen molar-refractivity contribution in [2.45, 2.75) is 51.6 Å². The highest BCUT2D eigenvalue weighted by Crippen LogP contribution is 2.35. The van der Waals surface area contributed by atoms with E-state index >= 15 is 0 Å². The molecule has 20 heavy (non-hydrogen) atoms. The summed E-state index contributed by atoms with van der Waals surface area (Å²) in [6, 6.07) is 3.95. The summed E-state index contributed by atoms with van der Waals surface area (Å²) >= 11 is 0. The molecule has 0 unspecified atom stereocenters. The lowest BCUT2D eigenvalue weighted by Gasteiger charge is -2.28. The minimum absolute atomic E-state index is 0.0302. The van der Waals surface area contributed by atoms with Crippen LogP contribution >= 0.6 is 0 Å². The van der Waals surface area contributed by atoms with Crippen LogP contribution < -0.4 is 5.32 Å². The quantitative estimate of drug-likeness (QED) is 0.832. The molecule has 0 radical (unpaired) electrons. The molecule has 1 aromatic heterocycles. The van der Waals surface area contributed by atoms with Gasteiger partial charge in [-0.15, -0.1) is 0 Å². The van der Waals surface area contributed by atoms with Crippen LogP contribution in [-0.2, 0) is 9.59 Å². The molecular weight excluding hydrogens is 256 g/mol. The van der Waals surface area contributed by atoms with Crippen molar-refractivity contribution in [3.05, 3.63) is 24.2 Å². The lowest BCUT2D eigenvalue weighted by molar-refractivity contribution is -0.136. The Morgan fingerprint density at radius 1 is 1.45 bits per heavy atom. The van der Waals surface area contributed by atoms with E-state index in [1.807, 2.05) is 30.9 Å². The van der Waals surface area contributed by atoms with Crippen molar-refractivity contribution in [1.82, 2.24) is 10.2 Å². The molecule has 1 atom stereocenters. The number of rotatable bonds is 7. The van der Waals surface area contributed by atoms with Gasteiger partial charge in [-0.1, -0.05) is 0 Å². The zero-order valence-electron chi connectivity index (χ0n) is 12.1. The van der Waals surface area contributed by atoms with Gasteiger partial charge in [0, 0.05) is 25.4 Å². The van der Waals surface area contributed by atoms with Crippen LogP contribution in [0.25, 0.3) is 0 Å². The summed E-state index contributed by atoms with van der Waals surface area (Å²) in [5.74, 6) is 0.758. The second-order valence-corrected chi connectivity index (χ2v) is 5.18. The standard InChI is InChI=1S/C15H22N2O3/c1-3-16-14(18)8-9-15(19)17(12-6-7-12)11(2)13-5-4-10-20-13/h4-5,10-12H,3,6-9H2,1-2H3,(H,16,18)/t11-/m1/s1. The van der Waals surface area contributed by atoms with E-state index in [1.54, 1.807) is 6.26 Å².